The molecule has 0 radical (unpaired) electrons. The van der Waals surface area contributed by atoms with Crippen LogP contribution in [-0.2, 0) is 6.54 Å². The Morgan fingerprint density at radius 3 is 3.00 bits per heavy atom. The van der Waals surface area contributed by atoms with E-state index in [1.54, 1.807) is 12.5 Å². The first kappa shape index (κ1) is 11.7. The molecule has 2 N–H and O–H groups in total. The van der Waals surface area contributed by atoms with E-state index in [4.69, 9.17) is 5.73 Å². The summed E-state index contributed by atoms with van der Waals surface area (Å²) < 4.78 is 1.82. The van der Waals surface area contributed by atoms with E-state index >= 15 is 0 Å². The molecule has 0 aliphatic rings. The lowest BCUT2D eigenvalue weighted by atomic mass is 10.1. The Hall–Kier alpha value is -1.42. The van der Waals surface area contributed by atoms with Gasteiger partial charge in [-0.1, -0.05) is 19.1 Å². The zero-order valence-corrected chi connectivity index (χ0v) is 9.07. The molecule has 82 valence electrons. The number of nitrogens with zero attached hydrogens (tertiary/aromatic N) is 2. The molecule has 0 spiro atoms. The minimum Gasteiger partial charge on any atom is -0.335 e. The van der Waals surface area contributed by atoms with Gasteiger partial charge in [-0.3, -0.25) is 4.79 Å². The fraction of sp³-hybridized carbons (Fsp3) is 0.455. The standard InChI is InChI=1S/C11H17N3O/c1-3-9(2)6-11(15)10-7-14(5-4-12)8-13-10/h7-8H,2-6,12H2,1H3. The number of imidazole rings is 1. The maximum absolute atomic E-state index is 11.7. The summed E-state index contributed by atoms with van der Waals surface area (Å²) in [5, 5.41) is 0. The van der Waals surface area contributed by atoms with Crippen LogP contribution in [0.1, 0.15) is 30.3 Å². The van der Waals surface area contributed by atoms with E-state index in [9.17, 15) is 4.79 Å². The van der Waals surface area contributed by atoms with Crippen molar-refractivity contribution in [2.45, 2.75) is 26.3 Å². The predicted octanol–water partition coefficient (Wildman–Crippen LogP) is 1.38. The SMILES string of the molecule is C=C(CC)CC(=O)c1cn(CCN)cn1. The van der Waals surface area contributed by atoms with Gasteiger partial charge in [-0.2, -0.15) is 0 Å². The highest BCUT2D eigenvalue weighted by molar-refractivity contribution is 5.95. The molecule has 0 aliphatic carbocycles. The first-order valence-corrected chi connectivity index (χ1v) is 5.09. The van der Waals surface area contributed by atoms with Gasteiger partial charge in [0.15, 0.2) is 5.78 Å². The normalized spacial score (nSPS) is 10.3. The summed E-state index contributed by atoms with van der Waals surface area (Å²) in [4.78, 5) is 15.7. The fourth-order valence-electron chi connectivity index (χ4n) is 1.22. The quantitative estimate of drug-likeness (QED) is 0.566. The van der Waals surface area contributed by atoms with E-state index in [0.29, 0.717) is 25.2 Å². The van der Waals surface area contributed by atoms with Crippen molar-refractivity contribution in [3.63, 3.8) is 0 Å². The number of Topliss-reactive ketones (excluding diaryl/α,β-unsaturated/α-hetero) is 1. The molecule has 0 saturated heterocycles. The van der Waals surface area contributed by atoms with E-state index in [-0.39, 0.29) is 5.78 Å². The van der Waals surface area contributed by atoms with Gasteiger partial charge in [0, 0.05) is 25.7 Å². The lowest BCUT2D eigenvalue weighted by Crippen LogP contribution is -2.08. The van der Waals surface area contributed by atoms with Crippen LogP contribution in [0, 0.1) is 0 Å². The van der Waals surface area contributed by atoms with Gasteiger partial charge in [0.2, 0.25) is 0 Å². The van der Waals surface area contributed by atoms with E-state index < -0.39 is 0 Å². The van der Waals surface area contributed by atoms with Gasteiger partial charge in [0.25, 0.3) is 0 Å². The number of hydrogen-bond acceptors (Lipinski definition) is 3. The Balaban J connectivity index is 2.61. The van der Waals surface area contributed by atoms with Gasteiger partial charge in [-0.25, -0.2) is 4.98 Å². The second kappa shape index (κ2) is 5.46. The maximum Gasteiger partial charge on any atom is 0.186 e. The summed E-state index contributed by atoms with van der Waals surface area (Å²) in [6.07, 6.45) is 4.58. The van der Waals surface area contributed by atoms with Crippen molar-refractivity contribution < 1.29 is 4.79 Å². The van der Waals surface area contributed by atoms with Crippen LogP contribution >= 0.6 is 0 Å². The summed E-state index contributed by atoms with van der Waals surface area (Å²) in [5.41, 5.74) is 6.84. The van der Waals surface area contributed by atoms with Gasteiger partial charge in [-0.15, -0.1) is 0 Å². The van der Waals surface area contributed by atoms with E-state index in [0.717, 1.165) is 12.0 Å². The number of carbonyl (C=O) groups is 1. The second-order valence-electron chi connectivity index (χ2n) is 3.49. The van der Waals surface area contributed by atoms with Gasteiger partial charge in [0.05, 0.1) is 6.33 Å². The van der Waals surface area contributed by atoms with Crippen molar-refractivity contribution in [3.05, 3.63) is 30.4 Å². The van der Waals surface area contributed by atoms with Crippen LogP contribution in [0.3, 0.4) is 0 Å². The molecule has 15 heavy (non-hydrogen) atoms. The molecule has 1 aromatic heterocycles. The maximum atomic E-state index is 11.7. The molecular formula is C11H17N3O. The number of nitrogens with two attached hydrogens (primary N) is 1. The highest BCUT2D eigenvalue weighted by atomic mass is 16.1. The molecule has 0 unspecified atom stereocenters. The van der Waals surface area contributed by atoms with Crippen LogP contribution in [0.2, 0.25) is 0 Å². The highest BCUT2D eigenvalue weighted by Crippen LogP contribution is 2.08. The Labute approximate surface area is 89.8 Å². The molecule has 0 aliphatic heterocycles. The van der Waals surface area contributed by atoms with Crippen molar-refractivity contribution in [1.82, 2.24) is 9.55 Å². The monoisotopic (exact) mass is 207 g/mol. The third-order valence-corrected chi connectivity index (χ3v) is 2.22. The minimum atomic E-state index is 0.0256. The molecule has 0 saturated carbocycles. The molecule has 0 bridgehead atoms. The van der Waals surface area contributed by atoms with Crippen LogP contribution < -0.4 is 5.73 Å². The van der Waals surface area contributed by atoms with Crippen LogP contribution in [-0.4, -0.2) is 21.9 Å². The first-order chi connectivity index (χ1) is 7.17. The number of rotatable bonds is 6. The average Bonchev–Trinajstić information content (AvgIpc) is 2.67. The molecular weight excluding hydrogens is 190 g/mol. The van der Waals surface area contributed by atoms with Gasteiger partial charge in [0.1, 0.15) is 5.69 Å². The third-order valence-electron chi connectivity index (χ3n) is 2.22. The van der Waals surface area contributed by atoms with Crippen LogP contribution in [0.15, 0.2) is 24.7 Å². The zero-order chi connectivity index (χ0) is 11.3. The van der Waals surface area contributed by atoms with Crippen molar-refractivity contribution in [3.8, 4) is 0 Å². The first-order valence-electron chi connectivity index (χ1n) is 5.09. The van der Waals surface area contributed by atoms with E-state index in [1.807, 2.05) is 11.5 Å². The molecule has 0 aromatic carbocycles. The molecule has 0 amide bonds. The minimum absolute atomic E-state index is 0.0256. The highest BCUT2D eigenvalue weighted by Gasteiger charge is 2.09. The number of allylic oxidation sites excluding steroid dienone is 1. The number of ketones is 1. The smallest absolute Gasteiger partial charge is 0.186 e. The molecule has 0 atom stereocenters. The molecule has 0 fully saturated rings. The Kier molecular flexibility index (Phi) is 4.24. The van der Waals surface area contributed by atoms with E-state index in [1.165, 1.54) is 0 Å². The largest absolute Gasteiger partial charge is 0.335 e. The summed E-state index contributed by atoms with van der Waals surface area (Å²) >= 11 is 0. The third kappa shape index (κ3) is 3.32. The van der Waals surface area contributed by atoms with Gasteiger partial charge >= 0.3 is 0 Å². The topological polar surface area (TPSA) is 60.9 Å². The summed E-state index contributed by atoms with van der Waals surface area (Å²) in [6.45, 7) is 7.03. The number of hydrogen-bond donors (Lipinski definition) is 1. The van der Waals surface area contributed by atoms with E-state index in [2.05, 4.69) is 11.6 Å². The lowest BCUT2D eigenvalue weighted by Gasteiger charge is -1.99. The van der Waals surface area contributed by atoms with Crippen molar-refractivity contribution >= 4 is 5.78 Å². The van der Waals surface area contributed by atoms with Gasteiger partial charge < -0.3 is 10.3 Å². The number of aromatic nitrogens is 2. The van der Waals surface area contributed by atoms with Crippen LogP contribution in [0.5, 0.6) is 0 Å². The average molecular weight is 207 g/mol. The fourth-order valence-corrected chi connectivity index (χ4v) is 1.22. The Morgan fingerprint density at radius 2 is 2.40 bits per heavy atom. The molecule has 1 rings (SSSR count). The molecule has 1 heterocycles. The second-order valence-corrected chi connectivity index (χ2v) is 3.49. The molecule has 4 heteroatoms. The van der Waals surface area contributed by atoms with Crippen molar-refractivity contribution in [2.75, 3.05) is 6.54 Å². The zero-order valence-electron chi connectivity index (χ0n) is 9.07. The summed E-state index contributed by atoms with van der Waals surface area (Å²) in [6, 6.07) is 0. The molecule has 1 aromatic rings. The summed E-state index contributed by atoms with van der Waals surface area (Å²) in [5.74, 6) is 0.0256. The molecule has 4 nitrogen and oxygen atoms in total. The Bertz CT molecular complexity index is 354. The number of carbonyl (C=O) groups excluding carboxylic acids is 1. The van der Waals surface area contributed by atoms with Crippen LogP contribution in [0.4, 0.5) is 0 Å². The lowest BCUT2D eigenvalue weighted by molar-refractivity contribution is 0.0988. The van der Waals surface area contributed by atoms with Gasteiger partial charge in [-0.05, 0) is 6.42 Å². The predicted molar refractivity (Wildman–Crippen MR) is 59.7 cm³/mol. The van der Waals surface area contributed by atoms with Crippen molar-refractivity contribution in [1.29, 1.82) is 0 Å². The van der Waals surface area contributed by atoms with Crippen molar-refractivity contribution in [2.24, 2.45) is 5.73 Å². The Morgan fingerprint density at radius 1 is 1.67 bits per heavy atom. The summed E-state index contributed by atoms with van der Waals surface area (Å²) in [7, 11) is 0. The van der Waals surface area contributed by atoms with Crippen LogP contribution in [0.25, 0.3) is 0 Å².